The van der Waals surface area contributed by atoms with E-state index >= 15 is 0 Å². The van der Waals surface area contributed by atoms with Gasteiger partial charge in [-0.25, -0.2) is 0 Å². The Bertz CT molecular complexity index is 720. The summed E-state index contributed by atoms with van der Waals surface area (Å²) in [5.74, 6) is 0. The molecule has 0 saturated carbocycles. The molecule has 1 heterocycles. The number of nitrogens with zero attached hydrogens (tertiary/aromatic N) is 1. The van der Waals surface area contributed by atoms with Crippen molar-refractivity contribution in [3.8, 4) is 0 Å². The van der Waals surface area contributed by atoms with Crippen LogP contribution in [0.25, 0.3) is 10.8 Å². The minimum atomic E-state index is 0.871. The topological polar surface area (TPSA) is 12.9 Å². The molecule has 0 aliphatic carbocycles. The Morgan fingerprint density at radius 3 is 2.26 bits per heavy atom. The summed E-state index contributed by atoms with van der Waals surface area (Å²) in [5, 5.41) is 2.46. The van der Waals surface area contributed by atoms with E-state index in [1.54, 1.807) is 0 Å². The summed E-state index contributed by atoms with van der Waals surface area (Å²) in [4.78, 5) is 4.75. The van der Waals surface area contributed by atoms with Crippen LogP contribution in [0, 0.1) is 6.92 Å². The largest absolute Gasteiger partial charge is 0.256 e. The lowest BCUT2D eigenvalue weighted by Gasteiger charge is -2.10. The number of aryl methyl sites for hydroxylation is 1. The minimum Gasteiger partial charge on any atom is -0.256 e. The number of hydrogen-bond donors (Lipinski definition) is 0. The van der Waals surface area contributed by atoms with Crippen molar-refractivity contribution >= 4 is 26.7 Å². The second kappa shape index (κ2) is 5.14. The van der Waals surface area contributed by atoms with Gasteiger partial charge in [0.1, 0.15) is 0 Å². The van der Waals surface area contributed by atoms with E-state index in [1.165, 1.54) is 16.3 Å². The molecule has 1 nitrogen and oxygen atoms in total. The van der Waals surface area contributed by atoms with Crippen LogP contribution in [0.1, 0.15) is 17.0 Å². The van der Waals surface area contributed by atoms with Crippen molar-refractivity contribution in [2.24, 2.45) is 0 Å². The van der Waals surface area contributed by atoms with Crippen LogP contribution in [0.5, 0.6) is 0 Å². The van der Waals surface area contributed by atoms with Gasteiger partial charge < -0.3 is 0 Å². The van der Waals surface area contributed by atoms with E-state index in [-0.39, 0.29) is 0 Å². The van der Waals surface area contributed by atoms with Crippen molar-refractivity contribution < 1.29 is 0 Å². The molecule has 2 aromatic carbocycles. The number of halogens is 1. The van der Waals surface area contributed by atoms with Crippen LogP contribution >= 0.6 is 15.9 Å². The highest BCUT2D eigenvalue weighted by atomic mass is 79.9. The Hall–Kier alpha value is -1.67. The first-order valence-electron chi connectivity index (χ1n) is 6.33. The Morgan fingerprint density at radius 2 is 1.53 bits per heavy atom. The fourth-order valence-corrected chi connectivity index (χ4v) is 2.79. The average molecular weight is 312 g/mol. The predicted molar refractivity (Wildman–Crippen MR) is 83.4 cm³/mol. The summed E-state index contributed by atoms with van der Waals surface area (Å²) in [5.41, 5.74) is 3.48. The normalized spacial score (nSPS) is 10.8. The van der Waals surface area contributed by atoms with Gasteiger partial charge >= 0.3 is 0 Å². The molecule has 19 heavy (non-hydrogen) atoms. The molecule has 0 atom stereocenters. The van der Waals surface area contributed by atoms with Crippen LogP contribution in [0.3, 0.4) is 0 Å². The number of benzene rings is 2. The zero-order valence-corrected chi connectivity index (χ0v) is 12.3. The van der Waals surface area contributed by atoms with Gasteiger partial charge in [0.15, 0.2) is 0 Å². The summed E-state index contributed by atoms with van der Waals surface area (Å²) in [6.45, 7) is 2.05. The fraction of sp³-hybridized carbons (Fsp3) is 0.118. The van der Waals surface area contributed by atoms with Gasteiger partial charge in [-0.05, 0) is 33.8 Å². The summed E-state index contributed by atoms with van der Waals surface area (Å²) >= 11 is 3.64. The van der Waals surface area contributed by atoms with Gasteiger partial charge in [-0.15, -0.1) is 0 Å². The zero-order valence-electron chi connectivity index (χ0n) is 10.7. The molecule has 0 amide bonds. The van der Waals surface area contributed by atoms with Crippen LogP contribution in [0.4, 0.5) is 0 Å². The highest BCUT2D eigenvalue weighted by Gasteiger charge is 2.09. The van der Waals surface area contributed by atoms with E-state index in [0.29, 0.717) is 0 Å². The molecule has 0 unspecified atom stereocenters. The first-order chi connectivity index (χ1) is 9.25. The Labute approximate surface area is 121 Å². The van der Waals surface area contributed by atoms with Crippen molar-refractivity contribution in [2.75, 3.05) is 0 Å². The maximum Gasteiger partial charge on any atom is 0.0529 e. The number of fused-ring (bicyclic) bond motifs is 1. The van der Waals surface area contributed by atoms with Crippen LogP contribution in [-0.2, 0) is 6.42 Å². The second-order valence-electron chi connectivity index (χ2n) is 4.67. The lowest BCUT2D eigenvalue weighted by molar-refractivity contribution is 1.05. The molecule has 3 aromatic rings. The van der Waals surface area contributed by atoms with Crippen LogP contribution < -0.4 is 0 Å². The van der Waals surface area contributed by atoms with E-state index in [0.717, 1.165) is 22.3 Å². The van der Waals surface area contributed by atoms with E-state index < -0.39 is 0 Å². The Morgan fingerprint density at radius 1 is 0.895 bits per heavy atom. The van der Waals surface area contributed by atoms with Crippen molar-refractivity contribution in [1.82, 2.24) is 4.98 Å². The average Bonchev–Trinajstić information content (AvgIpc) is 2.46. The summed E-state index contributed by atoms with van der Waals surface area (Å²) < 4.78 is 1.10. The molecule has 1 aromatic heterocycles. The van der Waals surface area contributed by atoms with Gasteiger partial charge in [-0.1, -0.05) is 54.6 Å². The van der Waals surface area contributed by atoms with Gasteiger partial charge in [-0.3, -0.25) is 4.98 Å². The third-order valence-corrected chi connectivity index (χ3v) is 4.31. The molecular formula is C17H14BrN. The molecule has 94 valence electrons. The van der Waals surface area contributed by atoms with Crippen LogP contribution in [0.15, 0.2) is 59.1 Å². The van der Waals surface area contributed by atoms with Gasteiger partial charge in [0.25, 0.3) is 0 Å². The van der Waals surface area contributed by atoms with Crippen molar-refractivity contribution in [2.45, 2.75) is 13.3 Å². The molecule has 0 N–H and O–H groups in total. The maximum absolute atomic E-state index is 4.75. The van der Waals surface area contributed by atoms with E-state index in [2.05, 4.69) is 64.5 Å². The number of pyridine rings is 1. The zero-order chi connectivity index (χ0) is 13.2. The molecule has 0 bridgehead atoms. The summed E-state index contributed by atoms with van der Waals surface area (Å²) in [7, 11) is 0. The molecule has 0 spiro atoms. The lowest BCUT2D eigenvalue weighted by Crippen LogP contribution is -1.97. The van der Waals surface area contributed by atoms with Gasteiger partial charge in [0.2, 0.25) is 0 Å². The quantitative estimate of drug-likeness (QED) is 0.656. The molecule has 0 saturated heterocycles. The monoisotopic (exact) mass is 311 g/mol. The highest BCUT2D eigenvalue weighted by molar-refractivity contribution is 9.10. The van der Waals surface area contributed by atoms with Crippen LogP contribution in [-0.4, -0.2) is 4.98 Å². The van der Waals surface area contributed by atoms with E-state index in [9.17, 15) is 0 Å². The van der Waals surface area contributed by atoms with Gasteiger partial charge in [0, 0.05) is 16.3 Å². The van der Waals surface area contributed by atoms with Crippen molar-refractivity contribution in [1.29, 1.82) is 0 Å². The van der Waals surface area contributed by atoms with Gasteiger partial charge in [-0.2, -0.15) is 0 Å². The Balaban J connectivity index is 2.16. The predicted octanol–water partition coefficient (Wildman–Crippen LogP) is 4.90. The van der Waals surface area contributed by atoms with E-state index in [4.69, 9.17) is 4.98 Å². The SMILES string of the molecule is Cc1nc(Cc2ccccc2)c2ccccc2c1Br. The lowest BCUT2D eigenvalue weighted by atomic mass is 10.0. The second-order valence-corrected chi connectivity index (χ2v) is 5.46. The molecule has 0 aliphatic heterocycles. The van der Waals surface area contributed by atoms with Gasteiger partial charge in [0.05, 0.1) is 11.4 Å². The smallest absolute Gasteiger partial charge is 0.0529 e. The molecule has 2 heteroatoms. The van der Waals surface area contributed by atoms with Crippen molar-refractivity contribution in [3.05, 3.63) is 76.0 Å². The summed E-state index contributed by atoms with van der Waals surface area (Å²) in [6.07, 6.45) is 0.871. The fourth-order valence-electron chi connectivity index (χ4n) is 2.36. The molecule has 0 fully saturated rings. The highest BCUT2D eigenvalue weighted by Crippen LogP contribution is 2.29. The first-order valence-corrected chi connectivity index (χ1v) is 7.12. The molecule has 3 rings (SSSR count). The third kappa shape index (κ3) is 2.41. The Kier molecular flexibility index (Phi) is 3.34. The van der Waals surface area contributed by atoms with E-state index in [1.807, 2.05) is 13.0 Å². The third-order valence-electron chi connectivity index (χ3n) is 3.31. The standard InChI is InChI=1S/C17H14BrN/c1-12-17(18)15-10-6-5-9-14(15)16(19-12)11-13-7-3-2-4-8-13/h2-10H,11H2,1H3. The number of aromatic nitrogens is 1. The number of rotatable bonds is 2. The van der Waals surface area contributed by atoms with Crippen LogP contribution in [0.2, 0.25) is 0 Å². The summed E-state index contributed by atoms with van der Waals surface area (Å²) in [6, 6.07) is 18.9. The molecule has 0 radical (unpaired) electrons. The minimum absolute atomic E-state index is 0.871. The molecule has 0 aliphatic rings. The number of hydrogen-bond acceptors (Lipinski definition) is 1. The van der Waals surface area contributed by atoms with Crippen molar-refractivity contribution in [3.63, 3.8) is 0 Å². The maximum atomic E-state index is 4.75. The first kappa shape index (κ1) is 12.4. The molecular weight excluding hydrogens is 298 g/mol.